The van der Waals surface area contributed by atoms with Crippen LogP contribution in [0.1, 0.15) is 31.2 Å². The summed E-state index contributed by atoms with van der Waals surface area (Å²) in [7, 11) is -3.20. The molecule has 154 valence electrons. The van der Waals surface area contributed by atoms with E-state index < -0.39 is 10.0 Å². The molecule has 1 amide bonds. The van der Waals surface area contributed by atoms with E-state index in [1.165, 1.54) is 33.8 Å². The van der Waals surface area contributed by atoms with E-state index in [0.717, 1.165) is 28.0 Å². The van der Waals surface area contributed by atoms with E-state index in [9.17, 15) is 13.2 Å². The number of amides is 1. The van der Waals surface area contributed by atoms with E-state index >= 15 is 0 Å². The van der Waals surface area contributed by atoms with Crippen molar-refractivity contribution in [3.8, 4) is 11.3 Å². The fraction of sp³-hybridized carbons (Fsp3) is 0.300. The molecule has 0 aliphatic rings. The molecule has 0 bridgehead atoms. The topological polar surface area (TPSA) is 88.2 Å². The first kappa shape index (κ1) is 21.6. The van der Waals surface area contributed by atoms with Crippen molar-refractivity contribution in [2.24, 2.45) is 0 Å². The summed E-state index contributed by atoms with van der Waals surface area (Å²) in [4.78, 5) is 18.6. The quantitative estimate of drug-likeness (QED) is 0.567. The lowest BCUT2D eigenvalue weighted by Crippen LogP contribution is -2.24. The fourth-order valence-corrected chi connectivity index (χ4v) is 4.92. The SMILES string of the molecule is Cc1cc(C)c(-c2csc(NC(=O)c3ccc(CCNS(C)(=O)=O)s3)n2)cc1C. The summed E-state index contributed by atoms with van der Waals surface area (Å²) < 4.78 is 24.7. The number of rotatable bonds is 7. The molecular weight excluding hydrogens is 426 g/mol. The number of hydrogen-bond acceptors (Lipinski definition) is 6. The lowest BCUT2D eigenvalue weighted by Gasteiger charge is -2.07. The van der Waals surface area contributed by atoms with Gasteiger partial charge in [0.15, 0.2) is 5.13 Å². The first-order chi connectivity index (χ1) is 13.6. The molecule has 0 spiro atoms. The first-order valence-electron chi connectivity index (χ1n) is 9.01. The Hall–Kier alpha value is -2.07. The highest BCUT2D eigenvalue weighted by Gasteiger charge is 2.14. The van der Waals surface area contributed by atoms with Gasteiger partial charge < -0.3 is 0 Å². The summed E-state index contributed by atoms with van der Waals surface area (Å²) in [6.07, 6.45) is 1.67. The minimum absolute atomic E-state index is 0.213. The number of aromatic nitrogens is 1. The Morgan fingerprint density at radius 1 is 1.10 bits per heavy atom. The Morgan fingerprint density at radius 2 is 1.83 bits per heavy atom. The molecule has 1 aromatic carbocycles. The van der Waals surface area contributed by atoms with Gasteiger partial charge in [-0.15, -0.1) is 22.7 Å². The van der Waals surface area contributed by atoms with Crippen molar-refractivity contribution in [3.05, 3.63) is 56.1 Å². The third kappa shape index (κ3) is 5.72. The summed E-state index contributed by atoms with van der Waals surface area (Å²) >= 11 is 2.74. The fourth-order valence-electron chi connectivity index (χ4n) is 2.84. The van der Waals surface area contributed by atoms with Crippen LogP contribution in [0.4, 0.5) is 5.13 Å². The number of anilines is 1. The van der Waals surface area contributed by atoms with E-state index in [1.807, 2.05) is 11.4 Å². The van der Waals surface area contributed by atoms with Crippen molar-refractivity contribution in [3.63, 3.8) is 0 Å². The van der Waals surface area contributed by atoms with Gasteiger partial charge in [-0.3, -0.25) is 10.1 Å². The summed E-state index contributed by atoms with van der Waals surface area (Å²) in [5.74, 6) is -0.213. The highest BCUT2D eigenvalue weighted by atomic mass is 32.2. The van der Waals surface area contributed by atoms with Crippen molar-refractivity contribution in [2.75, 3.05) is 18.1 Å². The molecule has 29 heavy (non-hydrogen) atoms. The Labute approximate surface area is 179 Å². The van der Waals surface area contributed by atoms with Crippen LogP contribution in [0.15, 0.2) is 29.6 Å². The Bertz CT molecular complexity index is 1150. The lowest BCUT2D eigenvalue weighted by molar-refractivity contribution is 0.103. The maximum atomic E-state index is 12.5. The molecule has 0 saturated carbocycles. The van der Waals surface area contributed by atoms with Crippen LogP contribution < -0.4 is 10.0 Å². The van der Waals surface area contributed by atoms with Crippen LogP contribution in [-0.2, 0) is 16.4 Å². The summed E-state index contributed by atoms with van der Waals surface area (Å²) in [5.41, 5.74) is 5.53. The number of sulfonamides is 1. The number of nitrogens with one attached hydrogen (secondary N) is 2. The van der Waals surface area contributed by atoms with Gasteiger partial charge >= 0.3 is 0 Å². The minimum atomic E-state index is -3.20. The van der Waals surface area contributed by atoms with Gasteiger partial charge in [-0.25, -0.2) is 18.1 Å². The number of carbonyl (C=O) groups excluding carboxylic acids is 1. The van der Waals surface area contributed by atoms with Gasteiger partial charge in [-0.2, -0.15) is 0 Å². The van der Waals surface area contributed by atoms with Crippen LogP contribution in [0.25, 0.3) is 11.3 Å². The number of hydrogen-bond donors (Lipinski definition) is 2. The molecule has 0 aliphatic carbocycles. The molecule has 2 N–H and O–H groups in total. The van der Waals surface area contributed by atoms with Crippen LogP contribution in [0.5, 0.6) is 0 Å². The van der Waals surface area contributed by atoms with Gasteiger partial charge in [-0.05, 0) is 62.1 Å². The van der Waals surface area contributed by atoms with Crippen LogP contribution in [0.3, 0.4) is 0 Å². The second-order valence-corrected chi connectivity index (χ2v) is 10.8. The summed E-state index contributed by atoms with van der Waals surface area (Å²) in [5, 5.41) is 5.35. The second kappa shape index (κ2) is 8.74. The molecule has 9 heteroatoms. The Balaban J connectivity index is 1.66. The van der Waals surface area contributed by atoms with E-state index in [1.54, 1.807) is 6.07 Å². The van der Waals surface area contributed by atoms with Crippen molar-refractivity contribution in [1.82, 2.24) is 9.71 Å². The Morgan fingerprint density at radius 3 is 2.55 bits per heavy atom. The predicted molar refractivity (Wildman–Crippen MR) is 121 cm³/mol. The molecular formula is C20H23N3O3S3. The monoisotopic (exact) mass is 449 g/mol. The van der Waals surface area contributed by atoms with Gasteiger partial charge in [0.1, 0.15) is 0 Å². The maximum Gasteiger partial charge on any atom is 0.267 e. The molecule has 0 saturated heterocycles. The molecule has 0 atom stereocenters. The van der Waals surface area contributed by atoms with Crippen molar-refractivity contribution >= 4 is 43.7 Å². The van der Waals surface area contributed by atoms with Crippen molar-refractivity contribution in [1.29, 1.82) is 0 Å². The van der Waals surface area contributed by atoms with Crippen LogP contribution in [0.2, 0.25) is 0 Å². The molecule has 2 aromatic heterocycles. The van der Waals surface area contributed by atoms with Gasteiger partial charge in [0.25, 0.3) is 5.91 Å². The molecule has 3 aromatic rings. The van der Waals surface area contributed by atoms with E-state index in [0.29, 0.717) is 23.0 Å². The number of aryl methyl sites for hydroxylation is 3. The van der Waals surface area contributed by atoms with E-state index in [4.69, 9.17) is 0 Å². The zero-order valence-corrected chi connectivity index (χ0v) is 19.1. The number of carbonyl (C=O) groups is 1. The van der Waals surface area contributed by atoms with Gasteiger partial charge in [0.2, 0.25) is 10.0 Å². The molecule has 0 fully saturated rings. The molecule has 0 radical (unpaired) electrons. The van der Waals surface area contributed by atoms with Gasteiger partial charge in [-0.1, -0.05) is 6.07 Å². The zero-order valence-electron chi connectivity index (χ0n) is 16.7. The predicted octanol–water partition coefficient (Wildman–Crippen LogP) is 4.14. The lowest BCUT2D eigenvalue weighted by atomic mass is 9.99. The minimum Gasteiger partial charge on any atom is -0.297 e. The normalized spacial score (nSPS) is 11.6. The molecule has 6 nitrogen and oxygen atoms in total. The average molecular weight is 450 g/mol. The highest BCUT2D eigenvalue weighted by molar-refractivity contribution is 7.88. The number of nitrogens with zero attached hydrogens (tertiary/aromatic N) is 1. The highest BCUT2D eigenvalue weighted by Crippen LogP contribution is 2.30. The van der Waals surface area contributed by atoms with Crippen molar-refractivity contribution in [2.45, 2.75) is 27.2 Å². The average Bonchev–Trinajstić information content (AvgIpc) is 3.27. The summed E-state index contributed by atoms with van der Waals surface area (Å²) in [6.45, 7) is 6.54. The molecule has 0 unspecified atom stereocenters. The smallest absolute Gasteiger partial charge is 0.267 e. The Kier molecular flexibility index (Phi) is 6.52. The van der Waals surface area contributed by atoms with Crippen molar-refractivity contribution < 1.29 is 13.2 Å². The van der Waals surface area contributed by atoms with Crippen LogP contribution >= 0.6 is 22.7 Å². The summed E-state index contributed by atoms with van der Waals surface area (Å²) in [6, 6.07) is 7.86. The second-order valence-electron chi connectivity index (χ2n) is 6.93. The number of thiophene rings is 1. The third-order valence-corrected chi connectivity index (χ3v) is 7.09. The van der Waals surface area contributed by atoms with E-state index in [-0.39, 0.29) is 5.91 Å². The third-order valence-electron chi connectivity index (χ3n) is 4.46. The standard InChI is InChI=1S/C20H23N3O3S3/c1-12-9-14(3)16(10-13(12)2)17-11-27-20(22-17)23-19(24)18-6-5-15(28-18)7-8-21-29(4,25)26/h5-6,9-11,21H,7-8H2,1-4H3,(H,22,23,24). The molecule has 0 aliphatic heterocycles. The first-order valence-corrected chi connectivity index (χ1v) is 12.6. The van der Waals surface area contributed by atoms with Crippen LogP contribution in [0, 0.1) is 20.8 Å². The maximum absolute atomic E-state index is 12.5. The van der Waals surface area contributed by atoms with Gasteiger partial charge in [0.05, 0.1) is 16.8 Å². The molecule has 2 heterocycles. The number of benzene rings is 1. The molecule has 3 rings (SSSR count). The van der Waals surface area contributed by atoms with Crippen LogP contribution in [-0.4, -0.2) is 32.1 Å². The van der Waals surface area contributed by atoms with Gasteiger partial charge in [0, 0.05) is 22.4 Å². The largest absolute Gasteiger partial charge is 0.297 e. The zero-order chi connectivity index (χ0) is 21.2. The van der Waals surface area contributed by atoms with E-state index in [2.05, 4.69) is 47.9 Å². The number of thiazole rings is 1.